The van der Waals surface area contributed by atoms with Crippen molar-refractivity contribution < 1.29 is 9.18 Å². The highest BCUT2D eigenvalue weighted by Gasteiger charge is 2.12. The SMILES string of the molecule is CC(NC(=O)c1cc(F)cc(Br)c1)c1ccccc1. The molecule has 1 unspecified atom stereocenters. The highest BCUT2D eigenvalue weighted by atomic mass is 79.9. The predicted molar refractivity (Wildman–Crippen MR) is 76.4 cm³/mol. The van der Waals surface area contributed by atoms with Gasteiger partial charge in [0.25, 0.3) is 5.91 Å². The molecule has 19 heavy (non-hydrogen) atoms. The minimum Gasteiger partial charge on any atom is -0.346 e. The second-order valence-corrected chi connectivity index (χ2v) is 5.18. The zero-order chi connectivity index (χ0) is 13.8. The van der Waals surface area contributed by atoms with Crippen LogP contribution < -0.4 is 5.32 Å². The van der Waals surface area contributed by atoms with Crippen molar-refractivity contribution in [2.24, 2.45) is 0 Å². The first-order valence-corrected chi connectivity index (χ1v) is 6.67. The van der Waals surface area contributed by atoms with Crippen LogP contribution >= 0.6 is 15.9 Å². The third-order valence-corrected chi connectivity index (χ3v) is 3.23. The number of hydrogen-bond donors (Lipinski definition) is 1. The lowest BCUT2D eigenvalue weighted by Gasteiger charge is -2.14. The molecule has 2 aromatic rings. The molecule has 0 bridgehead atoms. The third-order valence-electron chi connectivity index (χ3n) is 2.77. The van der Waals surface area contributed by atoms with Crippen molar-refractivity contribution in [2.45, 2.75) is 13.0 Å². The van der Waals surface area contributed by atoms with E-state index < -0.39 is 5.82 Å². The fraction of sp³-hybridized carbons (Fsp3) is 0.133. The first kappa shape index (κ1) is 13.7. The minimum absolute atomic E-state index is 0.129. The number of carbonyl (C=O) groups is 1. The monoisotopic (exact) mass is 321 g/mol. The summed E-state index contributed by atoms with van der Waals surface area (Å²) in [4.78, 5) is 12.0. The number of carbonyl (C=O) groups excluding carboxylic acids is 1. The standard InChI is InChI=1S/C15H13BrFNO/c1-10(11-5-3-2-4-6-11)18-15(19)12-7-13(16)9-14(17)8-12/h2-10H,1H3,(H,18,19). The Balaban J connectivity index is 2.13. The van der Waals surface area contributed by atoms with Crippen LogP contribution in [0, 0.1) is 5.82 Å². The molecule has 2 aromatic carbocycles. The number of amides is 1. The topological polar surface area (TPSA) is 29.1 Å². The van der Waals surface area contributed by atoms with E-state index in [2.05, 4.69) is 21.2 Å². The maximum atomic E-state index is 13.2. The zero-order valence-corrected chi connectivity index (χ0v) is 11.9. The molecule has 0 saturated heterocycles. The molecular weight excluding hydrogens is 309 g/mol. The lowest BCUT2D eigenvalue weighted by atomic mass is 10.1. The van der Waals surface area contributed by atoms with Gasteiger partial charge in [-0.2, -0.15) is 0 Å². The van der Waals surface area contributed by atoms with Crippen LogP contribution in [0.5, 0.6) is 0 Å². The minimum atomic E-state index is -0.438. The van der Waals surface area contributed by atoms with Crippen molar-refractivity contribution in [3.8, 4) is 0 Å². The fourth-order valence-corrected chi connectivity index (χ4v) is 2.26. The van der Waals surface area contributed by atoms with E-state index in [1.54, 1.807) is 6.07 Å². The molecule has 0 saturated carbocycles. The van der Waals surface area contributed by atoms with E-state index in [0.29, 0.717) is 10.0 Å². The molecule has 0 heterocycles. The van der Waals surface area contributed by atoms with Gasteiger partial charge in [0.05, 0.1) is 6.04 Å². The van der Waals surface area contributed by atoms with Crippen LogP contribution in [-0.4, -0.2) is 5.91 Å². The van der Waals surface area contributed by atoms with Crippen LogP contribution in [0.1, 0.15) is 28.9 Å². The van der Waals surface area contributed by atoms with E-state index in [0.717, 1.165) is 5.56 Å². The molecule has 1 N–H and O–H groups in total. The van der Waals surface area contributed by atoms with E-state index in [4.69, 9.17) is 0 Å². The smallest absolute Gasteiger partial charge is 0.251 e. The summed E-state index contributed by atoms with van der Waals surface area (Å²) in [5, 5.41) is 2.84. The molecule has 2 rings (SSSR count). The molecule has 2 nitrogen and oxygen atoms in total. The van der Waals surface area contributed by atoms with Crippen molar-refractivity contribution >= 4 is 21.8 Å². The number of benzene rings is 2. The summed E-state index contributed by atoms with van der Waals surface area (Å²) < 4.78 is 13.8. The van der Waals surface area contributed by atoms with Crippen molar-refractivity contribution in [1.82, 2.24) is 5.32 Å². The van der Waals surface area contributed by atoms with E-state index in [9.17, 15) is 9.18 Å². The molecular formula is C15H13BrFNO. The van der Waals surface area contributed by atoms with E-state index >= 15 is 0 Å². The third kappa shape index (κ3) is 3.64. The van der Waals surface area contributed by atoms with Crippen LogP contribution in [0.3, 0.4) is 0 Å². The first-order valence-electron chi connectivity index (χ1n) is 5.88. The van der Waals surface area contributed by atoms with E-state index in [1.165, 1.54) is 12.1 Å². The zero-order valence-electron chi connectivity index (χ0n) is 10.4. The Kier molecular flexibility index (Phi) is 4.32. The first-order chi connectivity index (χ1) is 9.06. The van der Waals surface area contributed by atoms with Gasteiger partial charge in [-0.15, -0.1) is 0 Å². The van der Waals surface area contributed by atoms with Gasteiger partial charge in [0.1, 0.15) is 5.82 Å². The van der Waals surface area contributed by atoms with Crippen LogP contribution in [-0.2, 0) is 0 Å². The quantitative estimate of drug-likeness (QED) is 0.906. The van der Waals surface area contributed by atoms with Gasteiger partial charge >= 0.3 is 0 Å². The second kappa shape index (κ2) is 5.97. The van der Waals surface area contributed by atoms with Gasteiger partial charge in [-0.3, -0.25) is 4.79 Å². The lowest BCUT2D eigenvalue weighted by Crippen LogP contribution is -2.26. The average molecular weight is 322 g/mol. The summed E-state index contributed by atoms with van der Waals surface area (Å²) >= 11 is 3.17. The summed E-state index contributed by atoms with van der Waals surface area (Å²) in [6.07, 6.45) is 0. The number of hydrogen-bond acceptors (Lipinski definition) is 1. The van der Waals surface area contributed by atoms with Gasteiger partial charge < -0.3 is 5.32 Å². The number of rotatable bonds is 3. The molecule has 1 amide bonds. The van der Waals surface area contributed by atoms with Gasteiger partial charge in [-0.05, 0) is 30.7 Å². The van der Waals surface area contributed by atoms with Crippen molar-refractivity contribution in [1.29, 1.82) is 0 Å². The van der Waals surface area contributed by atoms with Crippen molar-refractivity contribution in [3.63, 3.8) is 0 Å². The van der Waals surface area contributed by atoms with Crippen LogP contribution in [0.2, 0.25) is 0 Å². The molecule has 98 valence electrons. The highest BCUT2D eigenvalue weighted by Crippen LogP contribution is 2.17. The molecule has 0 radical (unpaired) electrons. The van der Waals surface area contributed by atoms with Crippen LogP contribution in [0.15, 0.2) is 53.0 Å². The summed E-state index contributed by atoms with van der Waals surface area (Å²) in [7, 11) is 0. The summed E-state index contributed by atoms with van der Waals surface area (Å²) in [5.74, 6) is -0.733. The second-order valence-electron chi connectivity index (χ2n) is 4.26. The predicted octanol–water partition coefficient (Wildman–Crippen LogP) is 4.08. The van der Waals surface area contributed by atoms with E-state index in [-0.39, 0.29) is 11.9 Å². The Morgan fingerprint density at radius 1 is 1.21 bits per heavy atom. The largest absolute Gasteiger partial charge is 0.346 e. The maximum absolute atomic E-state index is 13.2. The lowest BCUT2D eigenvalue weighted by molar-refractivity contribution is 0.0939. The highest BCUT2D eigenvalue weighted by molar-refractivity contribution is 9.10. The fourth-order valence-electron chi connectivity index (χ4n) is 1.79. The van der Waals surface area contributed by atoms with Gasteiger partial charge in [-0.1, -0.05) is 46.3 Å². The van der Waals surface area contributed by atoms with Gasteiger partial charge in [0.15, 0.2) is 0 Å². The summed E-state index contributed by atoms with van der Waals surface area (Å²) in [5.41, 5.74) is 1.31. The van der Waals surface area contributed by atoms with Crippen molar-refractivity contribution in [3.05, 3.63) is 69.9 Å². The average Bonchev–Trinajstić information content (AvgIpc) is 2.38. The summed E-state index contributed by atoms with van der Waals surface area (Å²) in [6.45, 7) is 1.89. The molecule has 0 aliphatic rings. The molecule has 0 spiro atoms. The van der Waals surface area contributed by atoms with Crippen LogP contribution in [0.25, 0.3) is 0 Å². The summed E-state index contributed by atoms with van der Waals surface area (Å²) in [6, 6.07) is 13.6. The molecule has 0 aliphatic heterocycles. The van der Waals surface area contributed by atoms with E-state index in [1.807, 2.05) is 37.3 Å². The normalized spacial score (nSPS) is 11.9. The number of nitrogens with one attached hydrogen (secondary N) is 1. The van der Waals surface area contributed by atoms with Crippen LogP contribution in [0.4, 0.5) is 4.39 Å². The number of halogens is 2. The van der Waals surface area contributed by atoms with Gasteiger partial charge in [0, 0.05) is 10.0 Å². The Bertz CT molecular complexity index is 566. The van der Waals surface area contributed by atoms with Crippen molar-refractivity contribution in [2.75, 3.05) is 0 Å². The Hall–Kier alpha value is -1.68. The Labute approximate surface area is 119 Å². The molecule has 0 aromatic heterocycles. The van der Waals surface area contributed by atoms with Gasteiger partial charge in [-0.25, -0.2) is 4.39 Å². The van der Waals surface area contributed by atoms with Gasteiger partial charge in [0.2, 0.25) is 0 Å². The maximum Gasteiger partial charge on any atom is 0.251 e. The Morgan fingerprint density at radius 3 is 2.53 bits per heavy atom. The Morgan fingerprint density at radius 2 is 1.89 bits per heavy atom. The molecule has 0 fully saturated rings. The molecule has 4 heteroatoms. The molecule has 1 atom stereocenters. The molecule has 0 aliphatic carbocycles.